The molecule has 5 nitrogen and oxygen atoms in total. The maximum atomic E-state index is 12.8. The standard InChI is InChI=1S/C16H14ClN3O2/c1-16(12-8-5-9-18-13(12)17)14(21)20(15(22)19-16)10-11-6-3-2-4-7-11/h2-9H,10H2,1H3,(H,19,22)/t16-/m1/s1. The molecule has 1 aromatic carbocycles. The summed E-state index contributed by atoms with van der Waals surface area (Å²) in [6.07, 6.45) is 1.54. The molecule has 1 fully saturated rings. The number of aromatic nitrogens is 1. The smallest absolute Gasteiger partial charge is 0.319 e. The molecule has 112 valence electrons. The SMILES string of the molecule is C[C@]1(c2cccnc2Cl)NC(=O)N(Cc2ccccc2)C1=O. The number of hydrogen-bond acceptors (Lipinski definition) is 3. The highest BCUT2D eigenvalue weighted by Crippen LogP contribution is 2.32. The highest BCUT2D eigenvalue weighted by molar-refractivity contribution is 6.30. The summed E-state index contributed by atoms with van der Waals surface area (Å²) < 4.78 is 0. The van der Waals surface area contributed by atoms with Gasteiger partial charge in [0, 0.05) is 11.8 Å². The number of amides is 3. The number of nitrogens with zero attached hydrogens (tertiary/aromatic N) is 2. The van der Waals surface area contributed by atoms with Gasteiger partial charge in [0.05, 0.1) is 6.54 Å². The summed E-state index contributed by atoms with van der Waals surface area (Å²) in [7, 11) is 0. The number of pyridine rings is 1. The molecule has 1 atom stereocenters. The van der Waals surface area contributed by atoms with E-state index in [4.69, 9.17) is 11.6 Å². The summed E-state index contributed by atoms with van der Waals surface area (Å²) in [5.41, 5.74) is 0.176. The zero-order valence-corrected chi connectivity index (χ0v) is 12.7. The topological polar surface area (TPSA) is 62.3 Å². The highest BCUT2D eigenvalue weighted by atomic mass is 35.5. The van der Waals surface area contributed by atoms with E-state index in [0.29, 0.717) is 5.56 Å². The predicted molar refractivity (Wildman–Crippen MR) is 82.1 cm³/mol. The van der Waals surface area contributed by atoms with Crippen molar-refractivity contribution in [3.05, 3.63) is 64.9 Å². The second kappa shape index (κ2) is 5.42. The van der Waals surface area contributed by atoms with Crippen molar-refractivity contribution in [3.63, 3.8) is 0 Å². The van der Waals surface area contributed by atoms with E-state index in [1.807, 2.05) is 30.3 Å². The second-order valence-electron chi connectivity index (χ2n) is 5.27. The van der Waals surface area contributed by atoms with Crippen LogP contribution in [0.3, 0.4) is 0 Å². The van der Waals surface area contributed by atoms with E-state index in [9.17, 15) is 9.59 Å². The molecule has 0 radical (unpaired) electrons. The minimum atomic E-state index is -1.20. The fraction of sp³-hybridized carbons (Fsp3) is 0.188. The second-order valence-corrected chi connectivity index (χ2v) is 5.63. The highest BCUT2D eigenvalue weighted by Gasteiger charge is 2.50. The molecule has 6 heteroatoms. The van der Waals surface area contributed by atoms with Gasteiger partial charge in [0.1, 0.15) is 10.7 Å². The first-order valence-corrected chi connectivity index (χ1v) is 7.19. The van der Waals surface area contributed by atoms with Crippen molar-refractivity contribution in [2.75, 3.05) is 0 Å². The summed E-state index contributed by atoms with van der Waals surface area (Å²) in [6, 6.07) is 12.3. The van der Waals surface area contributed by atoms with Crippen LogP contribution in [-0.4, -0.2) is 21.8 Å². The monoisotopic (exact) mass is 315 g/mol. The predicted octanol–water partition coefficient (Wildman–Crippen LogP) is 2.70. The van der Waals surface area contributed by atoms with Crippen LogP contribution in [0.1, 0.15) is 18.1 Å². The van der Waals surface area contributed by atoms with Gasteiger partial charge in [0.2, 0.25) is 0 Å². The summed E-state index contributed by atoms with van der Waals surface area (Å²) in [5, 5.41) is 2.93. The maximum Gasteiger partial charge on any atom is 0.325 e. The molecule has 1 aliphatic heterocycles. The number of benzene rings is 1. The largest absolute Gasteiger partial charge is 0.325 e. The van der Waals surface area contributed by atoms with Gasteiger partial charge in [-0.3, -0.25) is 9.69 Å². The molecular formula is C16H14ClN3O2. The number of halogens is 1. The molecule has 0 aliphatic carbocycles. The average molecular weight is 316 g/mol. The van der Waals surface area contributed by atoms with Crippen molar-refractivity contribution in [1.29, 1.82) is 0 Å². The summed E-state index contributed by atoms with van der Waals surface area (Å²) in [5.74, 6) is -0.337. The van der Waals surface area contributed by atoms with Crippen LogP contribution in [0.15, 0.2) is 48.7 Å². The molecule has 0 saturated carbocycles. The number of carbonyl (C=O) groups is 2. The number of rotatable bonds is 3. The zero-order valence-electron chi connectivity index (χ0n) is 11.9. The molecule has 0 bridgehead atoms. The lowest BCUT2D eigenvalue weighted by molar-refractivity contribution is -0.131. The Morgan fingerprint density at radius 1 is 1.18 bits per heavy atom. The van der Waals surface area contributed by atoms with Gasteiger partial charge < -0.3 is 5.32 Å². The number of carbonyl (C=O) groups excluding carboxylic acids is 2. The van der Waals surface area contributed by atoms with Crippen LogP contribution in [0, 0.1) is 0 Å². The van der Waals surface area contributed by atoms with Crippen molar-refractivity contribution in [3.8, 4) is 0 Å². The van der Waals surface area contributed by atoms with Crippen molar-refractivity contribution in [1.82, 2.24) is 15.2 Å². The van der Waals surface area contributed by atoms with Gasteiger partial charge >= 0.3 is 6.03 Å². The third kappa shape index (κ3) is 2.33. The van der Waals surface area contributed by atoms with E-state index < -0.39 is 11.6 Å². The molecule has 1 aliphatic rings. The lowest BCUT2D eigenvalue weighted by Crippen LogP contribution is -2.41. The van der Waals surface area contributed by atoms with E-state index in [0.717, 1.165) is 5.56 Å². The molecule has 3 rings (SSSR count). The minimum absolute atomic E-state index is 0.209. The van der Waals surface area contributed by atoms with Crippen LogP contribution in [0.4, 0.5) is 4.79 Å². The Labute approximate surface area is 132 Å². The van der Waals surface area contributed by atoms with Gasteiger partial charge in [0.25, 0.3) is 5.91 Å². The molecule has 0 unspecified atom stereocenters. The molecule has 0 spiro atoms. The quantitative estimate of drug-likeness (QED) is 0.699. The molecule has 2 aromatic rings. The third-order valence-electron chi connectivity index (χ3n) is 3.76. The van der Waals surface area contributed by atoms with E-state index in [-0.39, 0.29) is 17.6 Å². The average Bonchev–Trinajstić information content (AvgIpc) is 2.73. The Hall–Kier alpha value is -2.40. The van der Waals surface area contributed by atoms with Crippen LogP contribution in [0.2, 0.25) is 5.15 Å². The van der Waals surface area contributed by atoms with Gasteiger partial charge in [-0.05, 0) is 18.6 Å². The normalized spacial score (nSPS) is 21.1. The molecule has 22 heavy (non-hydrogen) atoms. The first-order chi connectivity index (χ1) is 10.5. The fourth-order valence-electron chi connectivity index (χ4n) is 2.55. The maximum absolute atomic E-state index is 12.8. The summed E-state index contributed by atoms with van der Waals surface area (Å²) in [6.45, 7) is 1.86. The Morgan fingerprint density at radius 3 is 2.59 bits per heavy atom. The van der Waals surface area contributed by atoms with Crippen LogP contribution in [-0.2, 0) is 16.9 Å². The molecule has 2 heterocycles. The summed E-state index contributed by atoms with van der Waals surface area (Å²) in [4.78, 5) is 30.1. The molecule has 3 amide bonds. The Kier molecular flexibility index (Phi) is 3.58. The van der Waals surface area contributed by atoms with Crippen LogP contribution in [0.5, 0.6) is 0 Å². The van der Waals surface area contributed by atoms with Gasteiger partial charge in [-0.25, -0.2) is 9.78 Å². The molecule has 1 aromatic heterocycles. The van der Waals surface area contributed by atoms with Gasteiger partial charge in [-0.2, -0.15) is 0 Å². The van der Waals surface area contributed by atoms with Crippen molar-refractivity contribution >= 4 is 23.5 Å². The first-order valence-electron chi connectivity index (χ1n) is 6.81. The van der Waals surface area contributed by atoms with Gasteiger partial charge in [0.15, 0.2) is 0 Å². The van der Waals surface area contributed by atoms with Crippen LogP contribution < -0.4 is 5.32 Å². The Bertz CT molecular complexity index is 735. The van der Waals surface area contributed by atoms with E-state index in [2.05, 4.69) is 10.3 Å². The summed E-state index contributed by atoms with van der Waals surface area (Å²) >= 11 is 6.08. The molecule has 1 saturated heterocycles. The van der Waals surface area contributed by atoms with Crippen molar-refractivity contribution in [2.45, 2.75) is 19.0 Å². The van der Waals surface area contributed by atoms with Gasteiger partial charge in [-0.1, -0.05) is 48.0 Å². The third-order valence-corrected chi connectivity index (χ3v) is 4.06. The van der Waals surface area contributed by atoms with Crippen molar-refractivity contribution in [2.24, 2.45) is 0 Å². The lowest BCUT2D eigenvalue weighted by atomic mass is 9.93. The van der Waals surface area contributed by atoms with E-state index in [1.54, 1.807) is 19.1 Å². The Balaban J connectivity index is 1.93. The number of urea groups is 1. The minimum Gasteiger partial charge on any atom is -0.319 e. The zero-order chi connectivity index (χ0) is 15.7. The van der Waals surface area contributed by atoms with E-state index >= 15 is 0 Å². The molecular weight excluding hydrogens is 302 g/mol. The number of imide groups is 1. The lowest BCUT2D eigenvalue weighted by Gasteiger charge is -2.22. The van der Waals surface area contributed by atoms with Gasteiger partial charge in [-0.15, -0.1) is 0 Å². The first kappa shape index (κ1) is 14.5. The fourth-order valence-corrected chi connectivity index (χ4v) is 2.86. The Morgan fingerprint density at radius 2 is 1.91 bits per heavy atom. The molecule has 1 N–H and O–H groups in total. The number of hydrogen-bond donors (Lipinski definition) is 1. The van der Waals surface area contributed by atoms with Crippen LogP contribution >= 0.6 is 11.6 Å². The van der Waals surface area contributed by atoms with Crippen molar-refractivity contribution < 1.29 is 9.59 Å². The number of nitrogens with one attached hydrogen (secondary N) is 1. The van der Waals surface area contributed by atoms with E-state index in [1.165, 1.54) is 11.1 Å². The van der Waals surface area contributed by atoms with Crippen LogP contribution in [0.25, 0.3) is 0 Å².